The van der Waals surface area contributed by atoms with Crippen LogP contribution in [0.1, 0.15) is 12.5 Å². The van der Waals surface area contributed by atoms with Gasteiger partial charge in [0.05, 0.1) is 28.1 Å². The van der Waals surface area contributed by atoms with E-state index in [0.29, 0.717) is 0 Å². The van der Waals surface area contributed by atoms with Gasteiger partial charge in [0, 0.05) is 6.07 Å². The minimum Gasteiger partial charge on any atom is -0.479 e. The van der Waals surface area contributed by atoms with Gasteiger partial charge in [-0.05, 0) is 13.0 Å². The van der Waals surface area contributed by atoms with Crippen LogP contribution >= 0.6 is 0 Å². The molecule has 0 unspecified atom stereocenters. The van der Waals surface area contributed by atoms with Crippen LogP contribution in [0.15, 0.2) is 18.2 Å². The smallest absolute Gasteiger partial charge is 0.332 e. The molecule has 0 aromatic heterocycles. The van der Waals surface area contributed by atoms with Crippen molar-refractivity contribution < 1.29 is 24.5 Å². The molecular weight excluding hydrogens is 260 g/mol. The van der Waals surface area contributed by atoms with E-state index in [1.54, 1.807) is 0 Å². The number of rotatable bonds is 6. The maximum atomic E-state index is 10.8. The molecule has 0 saturated carbocycles. The van der Waals surface area contributed by atoms with Crippen molar-refractivity contribution in [2.24, 2.45) is 0 Å². The summed E-state index contributed by atoms with van der Waals surface area (Å²) >= 11 is 0. The Balaban J connectivity index is 2.97. The second-order valence-electron chi connectivity index (χ2n) is 3.62. The number of nitrogens with zero attached hydrogens (tertiary/aromatic N) is 2. The summed E-state index contributed by atoms with van der Waals surface area (Å²) in [5, 5.41) is 29.9. The fraction of sp³-hybridized carbons (Fsp3) is 0.300. The number of non-ortho nitro benzene ring substituents is 1. The van der Waals surface area contributed by atoms with E-state index >= 15 is 0 Å². The first kappa shape index (κ1) is 14.5. The topological polar surface area (TPSA) is 133 Å². The van der Waals surface area contributed by atoms with Gasteiger partial charge in [0.1, 0.15) is 0 Å². The monoisotopic (exact) mass is 270 g/mol. The highest BCUT2D eigenvalue weighted by atomic mass is 16.6. The van der Waals surface area contributed by atoms with Crippen molar-refractivity contribution in [3.05, 3.63) is 44.0 Å². The highest BCUT2D eigenvalue weighted by Crippen LogP contribution is 2.25. The molecule has 1 aromatic rings. The van der Waals surface area contributed by atoms with Crippen LogP contribution in [0.25, 0.3) is 0 Å². The van der Waals surface area contributed by atoms with E-state index < -0.39 is 33.3 Å². The largest absolute Gasteiger partial charge is 0.479 e. The summed E-state index contributed by atoms with van der Waals surface area (Å²) in [5.74, 6) is -1.20. The molecule has 0 heterocycles. The van der Waals surface area contributed by atoms with Crippen LogP contribution in [0.3, 0.4) is 0 Å². The zero-order valence-electron chi connectivity index (χ0n) is 9.81. The van der Waals surface area contributed by atoms with Crippen LogP contribution in [0.4, 0.5) is 11.4 Å². The van der Waals surface area contributed by atoms with Gasteiger partial charge >= 0.3 is 5.97 Å². The summed E-state index contributed by atoms with van der Waals surface area (Å²) in [7, 11) is 0. The Labute approximate surface area is 106 Å². The number of aliphatic carboxylic acids is 1. The van der Waals surface area contributed by atoms with Gasteiger partial charge in [0.2, 0.25) is 0 Å². The van der Waals surface area contributed by atoms with Gasteiger partial charge in [0.15, 0.2) is 6.10 Å². The van der Waals surface area contributed by atoms with E-state index in [1.165, 1.54) is 13.0 Å². The minimum atomic E-state index is -1.20. The molecule has 9 nitrogen and oxygen atoms in total. The lowest BCUT2D eigenvalue weighted by molar-refractivity contribution is -0.394. The van der Waals surface area contributed by atoms with Crippen molar-refractivity contribution in [1.29, 1.82) is 0 Å². The molecule has 0 radical (unpaired) electrons. The highest BCUT2D eigenvalue weighted by molar-refractivity contribution is 5.71. The van der Waals surface area contributed by atoms with E-state index in [1.807, 2.05) is 0 Å². The van der Waals surface area contributed by atoms with Gasteiger partial charge < -0.3 is 9.84 Å². The van der Waals surface area contributed by atoms with Gasteiger partial charge in [0.25, 0.3) is 11.4 Å². The predicted octanol–water partition coefficient (Wildman–Crippen LogP) is 1.49. The van der Waals surface area contributed by atoms with Crippen molar-refractivity contribution in [3.8, 4) is 0 Å². The van der Waals surface area contributed by atoms with Crippen LogP contribution < -0.4 is 0 Å². The number of hydrogen-bond donors (Lipinski definition) is 1. The first-order valence-electron chi connectivity index (χ1n) is 5.09. The number of carbonyl (C=O) groups is 1. The minimum absolute atomic E-state index is 0.0729. The van der Waals surface area contributed by atoms with E-state index in [0.717, 1.165) is 12.1 Å². The van der Waals surface area contributed by atoms with E-state index in [9.17, 15) is 25.0 Å². The lowest BCUT2D eigenvalue weighted by Crippen LogP contribution is -2.19. The highest BCUT2D eigenvalue weighted by Gasteiger charge is 2.21. The molecule has 0 aliphatic heterocycles. The van der Waals surface area contributed by atoms with Crippen LogP contribution in [0.2, 0.25) is 0 Å². The average molecular weight is 270 g/mol. The maximum Gasteiger partial charge on any atom is 0.332 e. The van der Waals surface area contributed by atoms with Crippen LogP contribution in [-0.2, 0) is 16.1 Å². The zero-order chi connectivity index (χ0) is 14.6. The molecule has 0 aliphatic carbocycles. The Morgan fingerprint density at radius 1 is 1.37 bits per heavy atom. The summed E-state index contributed by atoms with van der Waals surface area (Å²) < 4.78 is 4.91. The molecule has 0 spiro atoms. The molecule has 9 heteroatoms. The Bertz CT molecular complexity index is 529. The maximum absolute atomic E-state index is 10.8. The number of benzene rings is 1. The number of carboxylic acid groups (broad SMARTS) is 1. The first-order valence-corrected chi connectivity index (χ1v) is 5.09. The van der Waals surface area contributed by atoms with Gasteiger partial charge in [-0.15, -0.1) is 0 Å². The van der Waals surface area contributed by atoms with E-state index in [-0.39, 0.29) is 12.2 Å². The third kappa shape index (κ3) is 3.71. The van der Waals surface area contributed by atoms with Gasteiger partial charge in [-0.2, -0.15) is 0 Å². The lowest BCUT2D eigenvalue weighted by Gasteiger charge is -2.08. The van der Waals surface area contributed by atoms with Crippen molar-refractivity contribution in [2.45, 2.75) is 19.6 Å². The molecule has 1 atom stereocenters. The number of hydrogen-bond acceptors (Lipinski definition) is 6. The number of carboxylic acids is 1. The Kier molecular flexibility index (Phi) is 4.48. The molecule has 0 aliphatic rings. The van der Waals surface area contributed by atoms with Crippen LogP contribution in [-0.4, -0.2) is 27.0 Å². The zero-order valence-corrected chi connectivity index (χ0v) is 9.81. The normalized spacial score (nSPS) is 11.8. The molecule has 19 heavy (non-hydrogen) atoms. The van der Waals surface area contributed by atoms with E-state index in [4.69, 9.17) is 9.84 Å². The summed E-state index contributed by atoms with van der Waals surface area (Å²) in [6, 6.07) is 3.08. The molecule has 0 amide bonds. The Morgan fingerprint density at radius 3 is 2.47 bits per heavy atom. The molecule has 0 saturated heterocycles. The third-order valence-electron chi connectivity index (χ3n) is 2.31. The molecule has 0 fully saturated rings. The number of nitro benzene ring substituents is 2. The number of ether oxygens (including phenoxy) is 1. The quantitative estimate of drug-likeness (QED) is 0.611. The Morgan fingerprint density at radius 2 is 2.00 bits per heavy atom. The second-order valence-corrected chi connectivity index (χ2v) is 3.62. The van der Waals surface area contributed by atoms with Crippen molar-refractivity contribution in [2.75, 3.05) is 0 Å². The number of nitro groups is 2. The van der Waals surface area contributed by atoms with Crippen molar-refractivity contribution in [3.63, 3.8) is 0 Å². The van der Waals surface area contributed by atoms with Crippen LogP contribution in [0.5, 0.6) is 0 Å². The Hall–Kier alpha value is -2.55. The summed E-state index contributed by atoms with van der Waals surface area (Å²) in [6.45, 7) is 0.960. The lowest BCUT2D eigenvalue weighted by atomic mass is 10.1. The fourth-order valence-corrected chi connectivity index (χ4v) is 1.24. The SMILES string of the molecule is C[C@H](OCc1ccc([N+](=O)[O-])cc1[N+](=O)[O-])C(=O)O. The van der Waals surface area contributed by atoms with Gasteiger partial charge in [-0.25, -0.2) is 4.79 Å². The summed E-state index contributed by atoms with van der Waals surface area (Å²) in [6.07, 6.45) is -1.13. The summed E-state index contributed by atoms with van der Waals surface area (Å²) in [5.41, 5.74) is -0.822. The fourth-order valence-electron chi connectivity index (χ4n) is 1.24. The molecule has 1 rings (SSSR count). The van der Waals surface area contributed by atoms with Crippen molar-refractivity contribution in [1.82, 2.24) is 0 Å². The molecule has 0 bridgehead atoms. The first-order chi connectivity index (χ1) is 8.82. The standard InChI is InChI=1S/C10H10N2O7/c1-6(10(13)14)19-5-7-2-3-8(11(15)16)4-9(7)12(17)18/h2-4,6H,5H2,1H3,(H,13,14)/t6-/m0/s1. The van der Waals surface area contributed by atoms with E-state index in [2.05, 4.69) is 0 Å². The van der Waals surface area contributed by atoms with Crippen LogP contribution in [0, 0.1) is 20.2 Å². The summed E-state index contributed by atoms with van der Waals surface area (Å²) in [4.78, 5) is 30.3. The van der Waals surface area contributed by atoms with Gasteiger partial charge in [-0.1, -0.05) is 0 Å². The molecule has 102 valence electrons. The van der Waals surface area contributed by atoms with Gasteiger partial charge in [-0.3, -0.25) is 20.2 Å². The second kappa shape index (κ2) is 5.87. The average Bonchev–Trinajstić information content (AvgIpc) is 2.35. The van der Waals surface area contributed by atoms with Crippen molar-refractivity contribution >= 4 is 17.3 Å². The molecule has 1 N–H and O–H groups in total. The third-order valence-corrected chi connectivity index (χ3v) is 2.31. The molecular formula is C10H10N2O7. The molecule has 1 aromatic carbocycles. The predicted molar refractivity (Wildman–Crippen MR) is 61.6 cm³/mol.